The first-order valence-corrected chi connectivity index (χ1v) is 5.86. The van der Waals surface area contributed by atoms with E-state index >= 15 is 0 Å². The van der Waals surface area contributed by atoms with Crippen molar-refractivity contribution >= 4 is 11.5 Å². The average molecular weight is 253 g/mol. The van der Waals surface area contributed by atoms with Crippen LogP contribution in [0.4, 0.5) is 11.5 Å². The molecular weight excluding hydrogens is 238 g/mol. The van der Waals surface area contributed by atoms with E-state index in [1.54, 1.807) is 6.20 Å². The summed E-state index contributed by atoms with van der Waals surface area (Å²) >= 11 is 0. The van der Waals surface area contributed by atoms with Crippen molar-refractivity contribution in [3.8, 4) is 6.07 Å². The van der Waals surface area contributed by atoms with Crippen molar-refractivity contribution in [2.24, 2.45) is 5.84 Å². The Kier molecular flexibility index (Phi) is 3.96. The van der Waals surface area contributed by atoms with Crippen LogP contribution >= 0.6 is 0 Å². The summed E-state index contributed by atoms with van der Waals surface area (Å²) in [4.78, 5) is 6.26. The molecule has 96 valence electrons. The fraction of sp³-hybridized carbons (Fsp3) is 0.143. The smallest absolute Gasteiger partial charge is 0.139 e. The van der Waals surface area contributed by atoms with Crippen LogP contribution in [0.2, 0.25) is 0 Å². The summed E-state index contributed by atoms with van der Waals surface area (Å²) in [6, 6.07) is 13.4. The molecule has 0 fully saturated rings. The predicted molar refractivity (Wildman–Crippen MR) is 75.3 cm³/mol. The minimum atomic E-state index is 0.643. The molecule has 3 N–H and O–H groups in total. The Balaban J connectivity index is 2.06. The molecule has 0 bridgehead atoms. The molecule has 0 aliphatic heterocycles. The van der Waals surface area contributed by atoms with Gasteiger partial charge in [0.05, 0.1) is 11.6 Å². The molecule has 0 aliphatic rings. The minimum absolute atomic E-state index is 0.643. The lowest BCUT2D eigenvalue weighted by atomic mass is 10.2. The van der Waals surface area contributed by atoms with Crippen molar-refractivity contribution in [1.29, 1.82) is 5.26 Å². The SMILES string of the molecule is CN(Cc1ccc(NN)nc1)c1ccc(C#N)cc1. The van der Waals surface area contributed by atoms with Gasteiger partial charge in [0, 0.05) is 25.5 Å². The summed E-state index contributed by atoms with van der Waals surface area (Å²) in [6.07, 6.45) is 1.79. The van der Waals surface area contributed by atoms with Gasteiger partial charge >= 0.3 is 0 Å². The quantitative estimate of drug-likeness (QED) is 0.642. The van der Waals surface area contributed by atoms with Gasteiger partial charge in [0.25, 0.3) is 0 Å². The molecule has 1 heterocycles. The second-order valence-corrected chi connectivity index (χ2v) is 4.21. The maximum absolute atomic E-state index is 8.76. The molecule has 0 radical (unpaired) electrons. The number of nitrogens with two attached hydrogens (primary N) is 1. The van der Waals surface area contributed by atoms with E-state index in [0.29, 0.717) is 11.4 Å². The Morgan fingerprint density at radius 3 is 2.53 bits per heavy atom. The summed E-state index contributed by atoms with van der Waals surface area (Å²) < 4.78 is 0. The Labute approximate surface area is 112 Å². The predicted octanol–water partition coefficient (Wildman–Crippen LogP) is 1.88. The van der Waals surface area contributed by atoms with Gasteiger partial charge in [-0.1, -0.05) is 6.07 Å². The maximum atomic E-state index is 8.76. The molecule has 2 rings (SSSR count). The molecule has 0 aliphatic carbocycles. The fourth-order valence-electron chi connectivity index (χ4n) is 1.76. The van der Waals surface area contributed by atoms with Gasteiger partial charge in [0.15, 0.2) is 0 Å². The Morgan fingerprint density at radius 1 is 1.26 bits per heavy atom. The molecule has 19 heavy (non-hydrogen) atoms. The van der Waals surface area contributed by atoms with Crippen LogP contribution in [-0.4, -0.2) is 12.0 Å². The molecule has 0 amide bonds. The highest BCUT2D eigenvalue weighted by Crippen LogP contribution is 2.16. The minimum Gasteiger partial charge on any atom is -0.370 e. The highest BCUT2D eigenvalue weighted by atomic mass is 15.2. The Bertz CT molecular complexity index is 568. The number of hydrogen-bond donors (Lipinski definition) is 2. The highest BCUT2D eigenvalue weighted by Gasteiger charge is 2.03. The number of rotatable bonds is 4. The summed E-state index contributed by atoms with van der Waals surface area (Å²) in [5.41, 5.74) is 5.30. The van der Waals surface area contributed by atoms with Crippen LogP contribution in [0.3, 0.4) is 0 Å². The van der Waals surface area contributed by atoms with Crippen LogP contribution in [0.15, 0.2) is 42.6 Å². The third-order valence-corrected chi connectivity index (χ3v) is 2.83. The third kappa shape index (κ3) is 3.21. The lowest BCUT2D eigenvalue weighted by molar-refractivity contribution is 0.915. The number of hydrazine groups is 1. The van der Waals surface area contributed by atoms with Crippen LogP contribution in [0, 0.1) is 11.3 Å². The van der Waals surface area contributed by atoms with Gasteiger partial charge in [0.1, 0.15) is 5.82 Å². The zero-order valence-electron chi connectivity index (χ0n) is 10.7. The van der Waals surface area contributed by atoms with E-state index in [2.05, 4.69) is 21.4 Å². The van der Waals surface area contributed by atoms with Crippen molar-refractivity contribution in [2.75, 3.05) is 17.4 Å². The first kappa shape index (κ1) is 12.9. The molecule has 1 aromatic carbocycles. The first-order valence-electron chi connectivity index (χ1n) is 5.86. The zero-order valence-corrected chi connectivity index (χ0v) is 10.7. The van der Waals surface area contributed by atoms with E-state index in [1.807, 2.05) is 43.4 Å². The second kappa shape index (κ2) is 5.85. The topological polar surface area (TPSA) is 78.0 Å². The number of nitrogens with one attached hydrogen (secondary N) is 1. The van der Waals surface area contributed by atoms with Crippen molar-refractivity contribution in [3.63, 3.8) is 0 Å². The van der Waals surface area contributed by atoms with E-state index in [0.717, 1.165) is 17.8 Å². The van der Waals surface area contributed by atoms with Gasteiger partial charge in [-0.05, 0) is 35.9 Å². The lowest BCUT2D eigenvalue weighted by Crippen LogP contribution is -2.16. The lowest BCUT2D eigenvalue weighted by Gasteiger charge is -2.19. The first-order chi connectivity index (χ1) is 9.22. The van der Waals surface area contributed by atoms with E-state index in [1.165, 1.54) is 0 Å². The number of aromatic nitrogens is 1. The van der Waals surface area contributed by atoms with E-state index in [9.17, 15) is 0 Å². The van der Waals surface area contributed by atoms with Gasteiger partial charge in [-0.2, -0.15) is 5.26 Å². The van der Waals surface area contributed by atoms with Crippen LogP contribution in [0.5, 0.6) is 0 Å². The van der Waals surface area contributed by atoms with Gasteiger partial charge in [-0.25, -0.2) is 10.8 Å². The van der Waals surface area contributed by atoms with Crippen LogP contribution in [-0.2, 0) is 6.54 Å². The number of pyridine rings is 1. The second-order valence-electron chi connectivity index (χ2n) is 4.21. The van der Waals surface area contributed by atoms with Crippen LogP contribution in [0.1, 0.15) is 11.1 Å². The molecule has 0 saturated heterocycles. The van der Waals surface area contributed by atoms with Crippen molar-refractivity contribution in [1.82, 2.24) is 4.98 Å². The van der Waals surface area contributed by atoms with Crippen molar-refractivity contribution in [3.05, 3.63) is 53.7 Å². The number of nitriles is 1. The molecular formula is C14H15N5. The normalized spacial score (nSPS) is 9.74. The summed E-state index contributed by atoms with van der Waals surface area (Å²) in [6.45, 7) is 0.740. The van der Waals surface area contributed by atoms with Crippen molar-refractivity contribution < 1.29 is 0 Å². The highest BCUT2D eigenvalue weighted by molar-refractivity contribution is 5.49. The van der Waals surface area contributed by atoms with Gasteiger partial charge < -0.3 is 10.3 Å². The molecule has 5 nitrogen and oxygen atoms in total. The van der Waals surface area contributed by atoms with E-state index in [4.69, 9.17) is 11.1 Å². The third-order valence-electron chi connectivity index (χ3n) is 2.83. The molecule has 1 aromatic heterocycles. The Hall–Kier alpha value is -2.58. The van der Waals surface area contributed by atoms with Crippen LogP contribution < -0.4 is 16.2 Å². The zero-order chi connectivity index (χ0) is 13.7. The number of hydrogen-bond acceptors (Lipinski definition) is 5. The number of nitrogens with zero attached hydrogens (tertiary/aromatic N) is 3. The van der Waals surface area contributed by atoms with E-state index in [-0.39, 0.29) is 0 Å². The molecule has 0 saturated carbocycles. The van der Waals surface area contributed by atoms with Crippen LogP contribution in [0.25, 0.3) is 0 Å². The van der Waals surface area contributed by atoms with Gasteiger partial charge in [-0.15, -0.1) is 0 Å². The summed E-state index contributed by atoms with van der Waals surface area (Å²) in [5.74, 6) is 5.91. The van der Waals surface area contributed by atoms with E-state index < -0.39 is 0 Å². The molecule has 0 spiro atoms. The molecule has 2 aromatic rings. The van der Waals surface area contributed by atoms with Gasteiger partial charge in [0.2, 0.25) is 0 Å². The largest absolute Gasteiger partial charge is 0.370 e. The molecule has 0 atom stereocenters. The maximum Gasteiger partial charge on any atom is 0.139 e. The summed E-state index contributed by atoms with van der Waals surface area (Å²) in [5, 5.41) is 8.76. The average Bonchev–Trinajstić information content (AvgIpc) is 2.48. The number of anilines is 2. The standard InChI is InChI=1S/C14H15N5/c1-19(13-5-2-11(8-15)3-6-13)10-12-4-7-14(18-16)17-9-12/h2-7,9H,10,16H2,1H3,(H,17,18). The fourth-order valence-corrected chi connectivity index (χ4v) is 1.76. The molecule has 0 unspecified atom stereocenters. The molecule has 5 heteroatoms. The number of benzene rings is 1. The van der Waals surface area contributed by atoms with Crippen molar-refractivity contribution in [2.45, 2.75) is 6.54 Å². The van der Waals surface area contributed by atoms with Gasteiger partial charge in [-0.3, -0.25) is 0 Å². The summed E-state index contributed by atoms with van der Waals surface area (Å²) in [7, 11) is 2.00. The Morgan fingerprint density at radius 2 is 2.00 bits per heavy atom. The number of nitrogen functional groups attached to an aromatic ring is 1. The monoisotopic (exact) mass is 253 g/mol.